The Balaban J connectivity index is 2.55. The first-order chi connectivity index (χ1) is 6.69. The zero-order chi connectivity index (χ0) is 10.6. The molecule has 0 saturated carbocycles. The maximum absolute atomic E-state index is 11.1. The molecule has 1 atom stereocenters. The second-order valence-corrected chi connectivity index (χ2v) is 4.61. The molecular weight excluding hydrogens is 218 g/mol. The van der Waals surface area contributed by atoms with Crippen LogP contribution in [0.2, 0.25) is 0 Å². The number of thiocarbonyl (C=S) groups is 1. The van der Waals surface area contributed by atoms with Crippen molar-refractivity contribution in [1.82, 2.24) is 4.90 Å². The molecule has 1 saturated heterocycles. The highest BCUT2D eigenvalue weighted by molar-refractivity contribution is 8.23. The number of nitrogens with zero attached hydrogens (tertiary/aromatic N) is 1. The van der Waals surface area contributed by atoms with Crippen molar-refractivity contribution in [1.29, 1.82) is 0 Å². The van der Waals surface area contributed by atoms with Gasteiger partial charge in [0.2, 0.25) is 0 Å². The molecule has 3 nitrogen and oxygen atoms in total. The van der Waals surface area contributed by atoms with Gasteiger partial charge in [0.1, 0.15) is 4.32 Å². The van der Waals surface area contributed by atoms with Crippen molar-refractivity contribution in [2.24, 2.45) is 0 Å². The van der Waals surface area contributed by atoms with Gasteiger partial charge in [-0.1, -0.05) is 30.1 Å². The van der Waals surface area contributed by atoms with E-state index in [4.69, 9.17) is 12.2 Å². The van der Waals surface area contributed by atoms with E-state index in [1.807, 2.05) is 4.90 Å². The molecule has 0 bridgehead atoms. The zero-order valence-electron chi connectivity index (χ0n) is 8.06. The number of hydrogen-bond acceptors (Lipinski definition) is 4. The summed E-state index contributed by atoms with van der Waals surface area (Å²) in [4.78, 5) is 13.1. The standard InChI is InChI=1S/C9H13NO2S2/c1-3-4-10-7(5-8(11)12-2)6-14-9(10)13/h3,7H,1,4-6H2,2H3. The fraction of sp³-hybridized carbons (Fsp3) is 0.556. The van der Waals surface area contributed by atoms with Crippen molar-refractivity contribution >= 4 is 34.3 Å². The molecule has 1 fully saturated rings. The van der Waals surface area contributed by atoms with Gasteiger partial charge in [-0.05, 0) is 0 Å². The van der Waals surface area contributed by atoms with Gasteiger partial charge in [0.25, 0.3) is 0 Å². The van der Waals surface area contributed by atoms with Crippen LogP contribution in [0, 0.1) is 0 Å². The van der Waals surface area contributed by atoms with Crippen molar-refractivity contribution in [3.63, 3.8) is 0 Å². The Hall–Kier alpha value is -0.550. The summed E-state index contributed by atoms with van der Waals surface area (Å²) in [6.07, 6.45) is 2.19. The van der Waals surface area contributed by atoms with Gasteiger partial charge < -0.3 is 9.64 Å². The Morgan fingerprint density at radius 2 is 2.64 bits per heavy atom. The molecule has 0 aromatic heterocycles. The second kappa shape index (κ2) is 5.36. The normalized spacial score (nSPS) is 21.1. The number of ether oxygens (including phenoxy) is 1. The van der Waals surface area contributed by atoms with Crippen LogP contribution in [0.15, 0.2) is 12.7 Å². The van der Waals surface area contributed by atoms with E-state index >= 15 is 0 Å². The average Bonchev–Trinajstić information content (AvgIpc) is 2.50. The van der Waals surface area contributed by atoms with Crippen molar-refractivity contribution < 1.29 is 9.53 Å². The molecule has 0 spiro atoms. The topological polar surface area (TPSA) is 29.5 Å². The van der Waals surface area contributed by atoms with E-state index in [9.17, 15) is 4.79 Å². The molecule has 1 heterocycles. The maximum atomic E-state index is 11.1. The lowest BCUT2D eigenvalue weighted by Gasteiger charge is -2.22. The van der Waals surface area contributed by atoms with Crippen molar-refractivity contribution in [2.45, 2.75) is 12.5 Å². The van der Waals surface area contributed by atoms with E-state index in [0.717, 1.165) is 10.1 Å². The minimum atomic E-state index is -0.186. The molecule has 78 valence electrons. The maximum Gasteiger partial charge on any atom is 0.307 e. The third-order valence-corrected chi connectivity index (χ3v) is 3.65. The predicted molar refractivity (Wildman–Crippen MR) is 62.4 cm³/mol. The number of thioether (sulfide) groups is 1. The molecule has 5 heteroatoms. The Morgan fingerprint density at radius 3 is 3.21 bits per heavy atom. The van der Waals surface area contributed by atoms with Crippen LogP contribution in [0.1, 0.15) is 6.42 Å². The monoisotopic (exact) mass is 231 g/mol. The van der Waals surface area contributed by atoms with Gasteiger partial charge in [-0.3, -0.25) is 4.79 Å². The summed E-state index contributed by atoms with van der Waals surface area (Å²) in [5, 5.41) is 0. The summed E-state index contributed by atoms with van der Waals surface area (Å²) >= 11 is 6.77. The van der Waals surface area contributed by atoms with Crippen LogP contribution in [0.3, 0.4) is 0 Å². The number of rotatable bonds is 4. The highest BCUT2D eigenvalue weighted by atomic mass is 32.2. The minimum absolute atomic E-state index is 0.165. The number of carbonyl (C=O) groups is 1. The third-order valence-electron chi connectivity index (χ3n) is 2.03. The number of methoxy groups -OCH3 is 1. The Labute approximate surface area is 93.5 Å². The van der Waals surface area contributed by atoms with Gasteiger partial charge in [-0.25, -0.2) is 0 Å². The Bertz CT molecular complexity index is 255. The van der Waals surface area contributed by atoms with Crippen molar-refractivity contribution in [3.05, 3.63) is 12.7 Å². The fourth-order valence-corrected chi connectivity index (χ4v) is 2.75. The summed E-state index contributed by atoms with van der Waals surface area (Å²) in [5.74, 6) is 0.677. The molecule has 0 aromatic carbocycles. The molecule has 0 aliphatic carbocycles. The van der Waals surface area contributed by atoms with Crippen LogP contribution >= 0.6 is 24.0 Å². The molecule has 14 heavy (non-hydrogen) atoms. The summed E-state index contributed by atoms with van der Waals surface area (Å²) in [7, 11) is 1.40. The minimum Gasteiger partial charge on any atom is -0.469 e. The summed E-state index contributed by atoms with van der Waals surface area (Å²) in [6.45, 7) is 4.37. The Morgan fingerprint density at radius 1 is 1.93 bits per heavy atom. The van der Waals surface area contributed by atoms with Crippen LogP contribution in [0.5, 0.6) is 0 Å². The van der Waals surface area contributed by atoms with Gasteiger partial charge in [0, 0.05) is 12.3 Å². The first-order valence-electron chi connectivity index (χ1n) is 4.30. The fourth-order valence-electron chi connectivity index (χ4n) is 1.30. The first kappa shape index (κ1) is 11.5. The highest BCUT2D eigenvalue weighted by Gasteiger charge is 2.29. The van der Waals surface area contributed by atoms with Gasteiger partial charge in [0.15, 0.2) is 0 Å². The lowest BCUT2D eigenvalue weighted by molar-refractivity contribution is -0.141. The van der Waals surface area contributed by atoms with E-state index in [0.29, 0.717) is 13.0 Å². The molecule has 1 aliphatic heterocycles. The van der Waals surface area contributed by atoms with Gasteiger partial charge in [-0.15, -0.1) is 6.58 Å². The first-order valence-corrected chi connectivity index (χ1v) is 5.69. The van der Waals surface area contributed by atoms with Crippen molar-refractivity contribution in [3.8, 4) is 0 Å². The predicted octanol–water partition coefficient (Wildman–Crippen LogP) is 1.44. The van der Waals surface area contributed by atoms with E-state index in [1.54, 1.807) is 17.8 Å². The highest BCUT2D eigenvalue weighted by Crippen LogP contribution is 2.26. The van der Waals surface area contributed by atoms with Crippen LogP contribution < -0.4 is 0 Å². The van der Waals surface area contributed by atoms with Gasteiger partial charge in [0.05, 0.1) is 19.6 Å². The smallest absolute Gasteiger partial charge is 0.307 e. The molecule has 0 aromatic rings. The quantitative estimate of drug-likeness (QED) is 0.415. The molecular formula is C9H13NO2S2. The lowest BCUT2D eigenvalue weighted by atomic mass is 10.2. The zero-order valence-corrected chi connectivity index (χ0v) is 9.70. The molecule has 1 unspecified atom stereocenters. The molecule has 1 rings (SSSR count). The van der Waals surface area contributed by atoms with Gasteiger partial charge >= 0.3 is 5.97 Å². The second-order valence-electron chi connectivity index (χ2n) is 2.95. The molecule has 0 N–H and O–H groups in total. The van der Waals surface area contributed by atoms with Crippen LogP contribution in [0.4, 0.5) is 0 Å². The summed E-state index contributed by atoms with van der Waals surface area (Å²) in [5.41, 5.74) is 0. The van der Waals surface area contributed by atoms with E-state index in [1.165, 1.54) is 7.11 Å². The van der Waals surface area contributed by atoms with E-state index in [-0.39, 0.29) is 12.0 Å². The van der Waals surface area contributed by atoms with Crippen LogP contribution in [0.25, 0.3) is 0 Å². The molecule has 0 amide bonds. The SMILES string of the molecule is C=CCN1C(=S)SCC1CC(=O)OC. The molecule has 0 radical (unpaired) electrons. The average molecular weight is 231 g/mol. The molecule has 1 aliphatic rings. The number of carbonyl (C=O) groups excluding carboxylic acids is 1. The number of esters is 1. The Kier molecular flexibility index (Phi) is 4.41. The van der Waals surface area contributed by atoms with Crippen molar-refractivity contribution in [2.75, 3.05) is 19.4 Å². The summed E-state index contributed by atoms with van der Waals surface area (Å²) in [6, 6.07) is 0.165. The largest absolute Gasteiger partial charge is 0.469 e. The third kappa shape index (κ3) is 2.72. The van der Waals surface area contributed by atoms with Gasteiger partial charge in [-0.2, -0.15) is 0 Å². The van der Waals surface area contributed by atoms with Crippen LogP contribution in [-0.2, 0) is 9.53 Å². The van der Waals surface area contributed by atoms with Crippen LogP contribution in [-0.4, -0.2) is 40.6 Å². The van der Waals surface area contributed by atoms with E-state index < -0.39 is 0 Å². The lowest BCUT2D eigenvalue weighted by Crippen LogP contribution is -2.35. The number of hydrogen-bond donors (Lipinski definition) is 0. The summed E-state index contributed by atoms with van der Waals surface area (Å²) < 4.78 is 5.48. The van der Waals surface area contributed by atoms with E-state index in [2.05, 4.69) is 11.3 Å².